The molecule has 1 aromatic rings. The summed E-state index contributed by atoms with van der Waals surface area (Å²) < 4.78 is 1.66. The first-order valence-electron chi connectivity index (χ1n) is 7.77. The molecule has 0 radical (unpaired) electrons. The lowest BCUT2D eigenvalue weighted by molar-refractivity contribution is -0.124. The molecule has 1 saturated carbocycles. The molecule has 2 aliphatic rings. The number of hydrogen-bond donors (Lipinski definition) is 2. The minimum atomic E-state index is -0.0507. The van der Waals surface area contributed by atoms with Gasteiger partial charge >= 0.3 is 0 Å². The van der Waals surface area contributed by atoms with Gasteiger partial charge in [0.1, 0.15) is 0 Å². The lowest BCUT2D eigenvalue weighted by atomic mass is 9.89. The van der Waals surface area contributed by atoms with E-state index in [1.165, 1.54) is 0 Å². The first-order chi connectivity index (χ1) is 10.5. The maximum Gasteiger partial charge on any atom is 0.239 e. The molecule has 0 aromatic carbocycles. The number of aromatic nitrogens is 2. The second kappa shape index (κ2) is 6.08. The first kappa shape index (κ1) is 15.0. The van der Waals surface area contributed by atoms with Gasteiger partial charge in [0.15, 0.2) is 5.82 Å². The molecule has 1 aliphatic carbocycles. The average Bonchev–Trinajstić information content (AvgIpc) is 3.04. The standard InChI is InChI=1S/C15H23N5O2/c1-19(9-15(22)17-13-3-4-20(2)18-13)12-5-10-7-14(21)16-8-11(10)6-12/h3-4,10-12H,5-9H2,1-2H3,(H,16,21)(H,17,18,22)/t10-,11+,12-/m0/s1. The van der Waals surface area contributed by atoms with Gasteiger partial charge in [-0.05, 0) is 31.7 Å². The highest BCUT2D eigenvalue weighted by molar-refractivity contribution is 5.91. The van der Waals surface area contributed by atoms with Gasteiger partial charge in [-0.15, -0.1) is 0 Å². The van der Waals surface area contributed by atoms with Crippen molar-refractivity contribution >= 4 is 17.6 Å². The van der Waals surface area contributed by atoms with Crippen molar-refractivity contribution in [3.63, 3.8) is 0 Å². The Labute approximate surface area is 130 Å². The van der Waals surface area contributed by atoms with Gasteiger partial charge in [0, 0.05) is 38.3 Å². The summed E-state index contributed by atoms with van der Waals surface area (Å²) in [6.07, 6.45) is 4.49. The van der Waals surface area contributed by atoms with E-state index in [0.29, 0.717) is 36.7 Å². The molecule has 1 aromatic heterocycles. The Morgan fingerprint density at radius 2 is 2.27 bits per heavy atom. The third kappa shape index (κ3) is 3.30. The van der Waals surface area contributed by atoms with E-state index in [9.17, 15) is 9.59 Å². The predicted molar refractivity (Wildman–Crippen MR) is 82.1 cm³/mol. The molecule has 3 atom stereocenters. The SMILES string of the molecule is CN(CC(=O)Nc1ccn(C)n1)[C@H]1C[C@H]2CC(=O)NC[C@H]2C1. The summed E-state index contributed by atoms with van der Waals surface area (Å²) in [5, 5.41) is 9.89. The molecule has 1 aliphatic heterocycles. The fourth-order valence-corrected chi connectivity index (χ4v) is 3.61. The largest absolute Gasteiger partial charge is 0.356 e. The molecule has 2 N–H and O–H groups in total. The number of nitrogens with zero attached hydrogens (tertiary/aromatic N) is 3. The number of fused-ring (bicyclic) bond motifs is 1. The van der Waals surface area contributed by atoms with Crippen LogP contribution in [0.1, 0.15) is 19.3 Å². The zero-order valence-corrected chi connectivity index (χ0v) is 13.1. The third-order valence-electron chi connectivity index (χ3n) is 4.82. The summed E-state index contributed by atoms with van der Waals surface area (Å²) in [6.45, 7) is 1.13. The molecule has 0 spiro atoms. The molecular weight excluding hydrogens is 282 g/mol. The normalized spacial score (nSPS) is 27.6. The molecule has 2 fully saturated rings. The van der Waals surface area contributed by atoms with Gasteiger partial charge in [-0.2, -0.15) is 5.10 Å². The highest BCUT2D eigenvalue weighted by atomic mass is 16.2. The Morgan fingerprint density at radius 3 is 3.00 bits per heavy atom. The molecule has 3 rings (SSSR count). The monoisotopic (exact) mass is 305 g/mol. The van der Waals surface area contributed by atoms with E-state index in [1.807, 2.05) is 14.1 Å². The fourth-order valence-electron chi connectivity index (χ4n) is 3.61. The Morgan fingerprint density at radius 1 is 1.50 bits per heavy atom. The number of piperidine rings is 1. The lowest BCUT2D eigenvalue weighted by Crippen LogP contribution is -2.38. The maximum absolute atomic E-state index is 12.1. The topological polar surface area (TPSA) is 79.3 Å². The van der Waals surface area contributed by atoms with Crippen LogP contribution in [0, 0.1) is 11.8 Å². The molecule has 2 heterocycles. The highest BCUT2D eigenvalue weighted by Crippen LogP contribution is 2.38. The van der Waals surface area contributed by atoms with Gasteiger partial charge in [0.05, 0.1) is 6.54 Å². The quantitative estimate of drug-likeness (QED) is 0.833. The molecule has 7 heteroatoms. The van der Waals surface area contributed by atoms with Gasteiger partial charge in [-0.1, -0.05) is 0 Å². The van der Waals surface area contributed by atoms with E-state index >= 15 is 0 Å². The third-order valence-corrected chi connectivity index (χ3v) is 4.82. The van der Waals surface area contributed by atoms with E-state index in [-0.39, 0.29) is 11.8 Å². The maximum atomic E-state index is 12.1. The Balaban J connectivity index is 1.50. The zero-order valence-electron chi connectivity index (χ0n) is 13.1. The number of amides is 2. The number of anilines is 1. The van der Waals surface area contributed by atoms with Crippen LogP contribution < -0.4 is 10.6 Å². The van der Waals surface area contributed by atoms with Crippen LogP contribution in [0.3, 0.4) is 0 Å². The number of likely N-dealkylation sites (N-methyl/N-ethyl adjacent to an activating group) is 1. The summed E-state index contributed by atoms with van der Waals surface area (Å²) in [7, 11) is 3.80. The van der Waals surface area contributed by atoms with Crippen LogP contribution in [0.4, 0.5) is 5.82 Å². The van der Waals surface area contributed by atoms with Crippen molar-refractivity contribution in [3.05, 3.63) is 12.3 Å². The first-order valence-corrected chi connectivity index (χ1v) is 7.77. The Kier molecular flexibility index (Phi) is 4.15. The van der Waals surface area contributed by atoms with Crippen molar-refractivity contribution in [2.75, 3.05) is 25.5 Å². The molecule has 0 bridgehead atoms. The van der Waals surface area contributed by atoms with Gasteiger partial charge < -0.3 is 10.6 Å². The molecule has 2 amide bonds. The highest BCUT2D eigenvalue weighted by Gasteiger charge is 2.39. The van der Waals surface area contributed by atoms with E-state index in [2.05, 4.69) is 20.6 Å². The molecule has 22 heavy (non-hydrogen) atoms. The van der Waals surface area contributed by atoms with Gasteiger partial charge in [-0.3, -0.25) is 19.2 Å². The van der Waals surface area contributed by atoms with Crippen molar-refractivity contribution in [2.24, 2.45) is 18.9 Å². The molecule has 120 valence electrons. The fraction of sp³-hybridized carbons (Fsp3) is 0.667. The molecule has 1 saturated heterocycles. The van der Waals surface area contributed by atoms with Crippen molar-refractivity contribution in [1.82, 2.24) is 20.0 Å². The van der Waals surface area contributed by atoms with Crippen molar-refractivity contribution in [1.29, 1.82) is 0 Å². The van der Waals surface area contributed by atoms with E-state index < -0.39 is 0 Å². The van der Waals surface area contributed by atoms with E-state index in [4.69, 9.17) is 0 Å². The number of hydrogen-bond acceptors (Lipinski definition) is 4. The summed E-state index contributed by atoms with van der Waals surface area (Å²) in [6, 6.07) is 2.15. The molecule has 0 unspecified atom stereocenters. The van der Waals surface area contributed by atoms with Crippen LogP contribution >= 0.6 is 0 Å². The average molecular weight is 305 g/mol. The summed E-state index contributed by atoms with van der Waals surface area (Å²) in [4.78, 5) is 25.7. The minimum Gasteiger partial charge on any atom is -0.356 e. The zero-order chi connectivity index (χ0) is 15.7. The second-order valence-corrected chi connectivity index (χ2v) is 6.49. The van der Waals surface area contributed by atoms with Gasteiger partial charge in [0.2, 0.25) is 11.8 Å². The number of aryl methyl sites for hydroxylation is 1. The number of carbonyl (C=O) groups is 2. The molecular formula is C15H23N5O2. The van der Waals surface area contributed by atoms with Crippen LogP contribution in [-0.4, -0.2) is 52.7 Å². The Bertz CT molecular complexity index is 570. The Hall–Kier alpha value is -1.89. The van der Waals surface area contributed by atoms with Gasteiger partial charge in [-0.25, -0.2) is 0 Å². The predicted octanol–water partition coefficient (Wildman–Crippen LogP) is 0.205. The number of rotatable bonds is 4. The number of carbonyl (C=O) groups excluding carboxylic acids is 2. The minimum absolute atomic E-state index is 0.0507. The van der Waals surface area contributed by atoms with Crippen molar-refractivity contribution < 1.29 is 9.59 Å². The lowest BCUT2D eigenvalue weighted by Gasteiger charge is -2.24. The second-order valence-electron chi connectivity index (χ2n) is 6.49. The summed E-state index contributed by atoms with van der Waals surface area (Å²) in [5.74, 6) is 1.72. The smallest absolute Gasteiger partial charge is 0.239 e. The van der Waals surface area contributed by atoms with Crippen LogP contribution in [0.5, 0.6) is 0 Å². The van der Waals surface area contributed by atoms with Crippen LogP contribution in [-0.2, 0) is 16.6 Å². The molecule has 7 nitrogen and oxygen atoms in total. The van der Waals surface area contributed by atoms with Crippen LogP contribution in [0.15, 0.2) is 12.3 Å². The summed E-state index contributed by atoms with van der Waals surface area (Å²) in [5.41, 5.74) is 0. The van der Waals surface area contributed by atoms with E-state index in [0.717, 1.165) is 19.4 Å². The number of nitrogens with one attached hydrogen (secondary N) is 2. The summed E-state index contributed by atoms with van der Waals surface area (Å²) >= 11 is 0. The van der Waals surface area contributed by atoms with Crippen LogP contribution in [0.2, 0.25) is 0 Å². The van der Waals surface area contributed by atoms with Crippen molar-refractivity contribution in [2.45, 2.75) is 25.3 Å². The van der Waals surface area contributed by atoms with Gasteiger partial charge in [0.25, 0.3) is 0 Å². The van der Waals surface area contributed by atoms with E-state index in [1.54, 1.807) is 16.9 Å². The van der Waals surface area contributed by atoms with Crippen molar-refractivity contribution in [3.8, 4) is 0 Å². The van der Waals surface area contributed by atoms with Crippen LogP contribution in [0.25, 0.3) is 0 Å².